The van der Waals surface area contributed by atoms with Crippen molar-refractivity contribution in [1.29, 1.82) is 0 Å². The summed E-state index contributed by atoms with van der Waals surface area (Å²) in [5.74, 6) is 0.0110. The molecule has 2 nitrogen and oxygen atoms in total. The second-order valence-corrected chi connectivity index (χ2v) is 16.7. The zero-order valence-corrected chi connectivity index (χ0v) is 24.6. The molecule has 0 aromatic heterocycles. The van der Waals surface area contributed by atoms with Gasteiger partial charge in [-0.25, -0.2) is 0 Å². The Hall–Kier alpha value is -0.100. The monoisotopic (exact) mass is 486 g/mol. The average Bonchev–Trinajstić information content (AvgIpc) is 2.78. The molecule has 0 atom stereocenters. The van der Waals surface area contributed by atoms with Gasteiger partial charge < -0.3 is 0 Å². The van der Waals surface area contributed by atoms with E-state index in [-0.39, 0.29) is 5.97 Å². The Kier molecular flexibility index (Phi) is 21.1. The number of carbonyl (C=O) groups excluding carboxylic acids is 1. The Balaban J connectivity index is 5.58. The fourth-order valence-corrected chi connectivity index (χ4v) is 12.2. The molecule has 200 valence electrons. The molecule has 0 rings (SSSR count). The molecular formula is C30H63O2P. The fourth-order valence-electron chi connectivity index (χ4n) is 5.68. The third-order valence-corrected chi connectivity index (χ3v) is 14.3. The van der Waals surface area contributed by atoms with Crippen molar-refractivity contribution in [2.75, 3.05) is 24.6 Å². The van der Waals surface area contributed by atoms with Crippen molar-refractivity contribution in [3.05, 3.63) is 0 Å². The number of hydrogen-bond donors (Lipinski definition) is 0. The van der Waals surface area contributed by atoms with Crippen LogP contribution in [0.25, 0.3) is 0 Å². The Bertz CT molecular complexity index is 381. The number of carbonyl (C=O) groups is 1. The number of unbranched alkanes of at least 4 members (excludes halogenated alkanes) is 16. The topological polar surface area (TPSA) is 26.3 Å². The average molecular weight is 487 g/mol. The second-order valence-electron chi connectivity index (χ2n) is 11.0. The molecule has 0 saturated heterocycles. The number of hydrogen-bond acceptors (Lipinski definition) is 2. The first-order valence-corrected chi connectivity index (χ1v) is 18.1. The van der Waals surface area contributed by atoms with Crippen LogP contribution in [0.4, 0.5) is 0 Å². The van der Waals surface area contributed by atoms with Crippen LogP contribution in [0.5, 0.6) is 0 Å². The van der Waals surface area contributed by atoms with E-state index in [2.05, 4.69) is 27.7 Å². The van der Waals surface area contributed by atoms with Gasteiger partial charge in [-0.05, 0) is 0 Å². The van der Waals surface area contributed by atoms with Crippen LogP contribution in [0.3, 0.4) is 0 Å². The van der Waals surface area contributed by atoms with E-state index in [1.807, 2.05) is 0 Å². The van der Waals surface area contributed by atoms with E-state index < -0.39 is 6.83 Å². The van der Waals surface area contributed by atoms with Gasteiger partial charge >= 0.3 is 210 Å². The van der Waals surface area contributed by atoms with Crippen LogP contribution >= 0.6 is 6.83 Å². The van der Waals surface area contributed by atoms with Crippen LogP contribution in [-0.2, 0) is 9.32 Å². The first-order chi connectivity index (χ1) is 16.0. The maximum absolute atomic E-state index is 12.6. The summed E-state index contributed by atoms with van der Waals surface area (Å²) in [4.78, 5) is 12.6. The van der Waals surface area contributed by atoms with Gasteiger partial charge in [-0.1, -0.05) is 0 Å². The molecule has 0 unspecified atom stereocenters. The van der Waals surface area contributed by atoms with Gasteiger partial charge in [0.15, 0.2) is 0 Å². The molecule has 0 aromatic rings. The molecule has 0 aliphatic carbocycles. The third-order valence-electron chi connectivity index (χ3n) is 7.70. The van der Waals surface area contributed by atoms with Crippen LogP contribution in [0, 0.1) is 0 Å². The van der Waals surface area contributed by atoms with Gasteiger partial charge in [0, 0.05) is 0 Å². The maximum atomic E-state index is 12.6. The van der Waals surface area contributed by atoms with Crippen LogP contribution in [0.1, 0.15) is 163 Å². The van der Waals surface area contributed by atoms with E-state index in [0.29, 0.717) is 0 Å². The molecule has 0 fully saturated rings. The minimum atomic E-state index is -2.50. The van der Waals surface area contributed by atoms with Crippen molar-refractivity contribution >= 4 is 12.8 Å². The summed E-state index contributed by atoms with van der Waals surface area (Å²) in [5.41, 5.74) is 0. The summed E-state index contributed by atoms with van der Waals surface area (Å²) in [5, 5.41) is 0. The molecular weight excluding hydrogens is 423 g/mol. The van der Waals surface area contributed by atoms with E-state index in [1.165, 1.54) is 153 Å². The molecule has 0 bridgehead atoms. The van der Waals surface area contributed by atoms with Crippen molar-refractivity contribution in [3.63, 3.8) is 0 Å². The molecule has 0 amide bonds. The molecule has 33 heavy (non-hydrogen) atoms. The van der Waals surface area contributed by atoms with Crippen LogP contribution in [0.2, 0.25) is 0 Å². The Labute approximate surface area is 209 Å². The molecule has 0 spiro atoms. The molecule has 0 aliphatic heterocycles. The van der Waals surface area contributed by atoms with Gasteiger partial charge in [0.2, 0.25) is 0 Å². The summed E-state index contributed by atoms with van der Waals surface area (Å²) < 4.78 is 6.74. The van der Waals surface area contributed by atoms with Gasteiger partial charge in [-0.15, -0.1) is 0 Å². The zero-order valence-electron chi connectivity index (χ0n) is 23.7. The predicted octanol–water partition coefficient (Wildman–Crippen LogP) is 10.9. The third kappa shape index (κ3) is 16.2. The van der Waals surface area contributed by atoms with Crippen LogP contribution < -0.4 is 0 Å². The second kappa shape index (κ2) is 21.2. The summed E-state index contributed by atoms with van der Waals surface area (Å²) >= 11 is 0. The molecule has 0 radical (unpaired) electrons. The van der Waals surface area contributed by atoms with Crippen LogP contribution in [0.15, 0.2) is 0 Å². The van der Waals surface area contributed by atoms with Gasteiger partial charge in [0.25, 0.3) is 0 Å². The van der Waals surface area contributed by atoms with E-state index in [0.717, 1.165) is 0 Å². The minimum absolute atomic E-state index is 0.0110. The Morgan fingerprint density at radius 3 is 0.909 bits per heavy atom. The summed E-state index contributed by atoms with van der Waals surface area (Å²) in [7, 11) is 0. The molecule has 0 aromatic carbocycles. The van der Waals surface area contributed by atoms with Crippen molar-refractivity contribution in [3.8, 4) is 0 Å². The summed E-state index contributed by atoms with van der Waals surface area (Å²) in [6.45, 7) is 8.37. The van der Waals surface area contributed by atoms with E-state index in [1.54, 1.807) is 6.92 Å². The predicted molar refractivity (Wildman–Crippen MR) is 153 cm³/mol. The van der Waals surface area contributed by atoms with Crippen molar-refractivity contribution in [2.24, 2.45) is 0 Å². The Morgan fingerprint density at radius 1 is 0.455 bits per heavy atom. The number of rotatable bonds is 25. The fraction of sp³-hybridized carbons (Fsp3) is 0.967. The van der Waals surface area contributed by atoms with Gasteiger partial charge in [-0.2, -0.15) is 0 Å². The first-order valence-electron chi connectivity index (χ1n) is 15.2. The molecule has 0 aliphatic rings. The first kappa shape index (κ1) is 32.9. The molecule has 0 heterocycles. The van der Waals surface area contributed by atoms with Crippen molar-refractivity contribution < 1.29 is 9.32 Å². The van der Waals surface area contributed by atoms with Crippen LogP contribution in [-0.4, -0.2) is 30.6 Å². The van der Waals surface area contributed by atoms with Gasteiger partial charge in [0.1, 0.15) is 0 Å². The zero-order chi connectivity index (χ0) is 24.7. The molecule has 3 heteroatoms. The molecule has 0 saturated carbocycles. The van der Waals surface area contributed by atoms with Gasteiger partial charge in [-0.3, -0.25) is 0 Å². The van der Waals surface area contributed by atoms with Crippen molar-refractivity contribution in [2.45, 2.75) is 163 Å². The van der Waals surface area contributed by atoms with Crippen molar-refractivity contribution in [1.82, 2.24) is 0 Å². The summed E-state index contributed by atoms with van der Waals surface area (Å²) in [6, 6.07) is 0. The normalized spacial score (nSPS) is 13.1. The molecule has 0 N–H and O–H groups in total. The van der Waals surface area contributed by atoms with Gasteiger partial charge in [0.05, 0.1) is 0 Å². The van der Waals surface area contributed by atoms with E-state index >= 15 is 0 Å². The summed E-state index contributed by atoms with van der Waals surface area (Å²) in [6.07, 6.45) is 31.1. The SMILES string of the molecule is CCCCCCCP(CCCCCCC)(CCCCCCC)(CCCCCCC)OC(C)=O. The Morgan fingerprint density at radius 2 is 0.697 bits per heavy atom. The quantitative estimate of drug-likeness (QED) is 0.0947. The van der Waals surface area contributed by atoms with E-state index in [4.69, 9.17) is 4.52 Å². The van der Waals surface area contributed by atoms with E-state index in [9.17, 15) is 4.79 Å². The standard InChI is InChI=1S/C30H63O2P/c1-6-10-14-18-22-26-33(32-30(5)31,27-23-19-15-11-7-2,28-24-20-16-12-8-3)29-25-21-17-13-9-4/h6-29H2,1-5H3.